The molecule has 5 heteroatoms. The van der Waals surface area contributed by atoms with Gasteiger partial charge in [-0.15, -0.1) is 0 Å². The van der Waals surface area contributed by atoms with E-state index >= 15 is 0 Å². The highest BCUT2D eigenvalue weighted by atomic mass is 16.6. The summed E-state index contributed by atoms with van der Waals surface area (Å²) in [5.74, 6) is -0.858. The molecule has 0 radical (unpaired) electrons. The first-order chi connectivity index (χ1) is 9.20. The number of amides is 1. The molecule has 0 bridgehead atoms. The molecule has 0 spiro atoms. The topological polar surface area (TPSA) is 63.7 Å². The second-order valence-corrected chi connectivity index (χ2v) is 6.36. The van der Waals surface area contributed by atoms with Crippen molar-refractivity contribution in [1.82, 2.24) is 4.90 Å². The zero-order valence-corrected chi connectivity index (χ0v) is 12.9. The summed E-state index contributed by atoms with van der Waals surface area (Å²) < 4.78 is 5.40. The standard InChI is InChI=1S/C15H25NO4/c1-11(17)13(18)10-12-8-6-5-7-9-16(12)14(19)20-15(2,3)4/h12H,5-10H2,1-4H3. The van der Waals surface area contributed by atoms with E-state index in [4.69, 9.17) is 4.74 Å². The van der Waals surface area contributed by atoms with Crippen LogP contribution in [0.2, 0.25) is 0 Å². The molecule has 0 aromatic rings. The van der Waals surface area contributed by atoms with Gasteiger partial charge in [0.25, 0.3) is 0 Å². The van der Waals surface area contributed by atoms with Gasteiger partial charge in [0.2, 0.25) is 0 Å². The Balaban J connectivity index is 2.78. The Bertz CT molecular complexity index is 384. The summed E-state index contributed by atoms with van der Waals surface area (Å²) in [6.45, 7) is 7.32. The van der Waals surface area contributed by atoms with E-state index in [9.17, 15) is 14.4 Å². The first kappa shape index (κ1) is 16.7. The van der Waals surface area contributed by atoms with Gasteiger partial charge in [-0.05, 0) is 33.6 Å². The fourth-order valence-electron chi connectivity index (χ4n) is 2.31. The minimum Gasteiger partial charge on any atom is -0.444 e. The molecule has 1 aliphatic heterocycles. The van der Waals surface area contributed by atoms with E-state index in [-0.39, 0.29) is 18.6 Å². The number of nitrogens with zero attached hydrogens (tertiary/aromatic N) is 1. The Morgan fingerprint density at radius 1 is 1.15 bits per heavy atom. The molecule has 1 atom stereocenters. The number of Topliss-reactive ketones (excluding diaryl/α,β-unsaturated/α-hetero) is 2. The summed E-state index contributed by atoms with van der Waals surface area (Å²) in [6.07, 6.45) is 3.37. The van der Waals surface area contributed by atoms with Crippen LogP contribution < -0.4 is 0 Å². The molecule has 1 amide bonds. The summed E-state index contributed by atoms with van der Waals surface area (Å²) in [7, 11) is 0. The average molecular weight is 283 g/mol. The van der Waals surface area contributed by atoms with Crippen LogP contribution >= 0.6 is 0 Å². The SMILES string of the molecule is CC(=O)C(=O)CC1CCCCCN1C(=O)OC(C)(C)C. The van der Waals surface area contributed by atoms with E-state index < -0.39 is 17.2 Å². The third-order valence-corrected chi connectivity index (χ3v) is 3.32. The molecule has 0 aromatic heterocycles. The molecule has 1 heterocycles. The van der Waals surface area contributed by atoms with Crippen molar-refractivity contribution in [1.29, 1.82) is 0 Å². The fourth-order valence-corrected chi connectivity index (χ4v) is 2.31. The maximum Gasteiger partial charge on any atom is 0.410 e. The van der Waals surface area contributed by atoms with Crippen molar-refractivity contribution < 1.29 is 19.1 Å². The van der Waals surface area contributed by atoms with Crippen molar-refractivity contribution in [2.24, 2.45) is 0 Å². The van der Waals surface area contributed by atoms with Gasteiger partial charge in [-0.2, -0.15) is 0 Å². The van der Waals surface area contributed by atoms with Crippen molar-refractivity contribution in [3.63, 3.8) is 0 Å². The van der Waals surface area contributed by atoms with Crippen molar-refractivity contribution in [3.8, 4) is 0 Å². The van der Waals surface area contributed by atoms with Crippen molar-refractivity contribution in [2.75, 3.05) is 6.54 Å². The van der Waals surface area contributed by atoms with Crippen molar-refractivity contribution >= 4 is 17.7 Å². The zero-order chi connectivity index (χ0) is 15.3. The summed E-state index contributed by atoms with van der Waals surface area (Å²) in [5, 5.41) is 0. The number of hydrogen-bond acceptors (Lipinski definition) is 4. The molecule has 1 aliphatic rings. The Hall–Kier alpha value is -1.39. The number of likely N-dealkylation sites (tertiary alicyclic amines) is 1. The van der Waals surface area contributed by atoms with Gasteiger partial charge in [0.05, 0.1) is 0 Å². The number of rotatable bonds is 3. The van der Waals surface area contributed by atoms with Crippen LogP contribution in [0.5, 0.6) is 0 Å². The highest BCUT2D eigenvalue weighted by molar-refractivity contribution is 6.36. The van der Waals surface area contributed by atoms with Crippen LogP contribution in [-0.2, 0) is 14.3 Å². The minimum absolute atomic E-state index is 0.106. The lowest BCUT2D eigenvalue weighted by atomic mass is 10.0. The lowest BCUT2D eigenvalue weighted by Crippen LogP contribution is -2.44. The average Bonchev–Trinajstić information content (AvgIpc) is 2.52. The second kappa shape index (κ2) is 6.86. The van der Waals surface area contributed by atoms with Crippen molar-refractivity contribution in [3.05, 3.63) is 0 Å². The van der Waals surface area contributed by atoms with Crippen LogP contribution in [0.3, 0.4) is 0 Å². The fraction of sp³-hybridized carbons (Fsp3) is 0.800. The molecule has 1 unspecified atom stereocenters. The van der Waals surface area contributed by atoms with Crippen LogP contribution in [0.15, 0.2) is 0 Å². The Kier molecular flexibility index (Phi) is 5.72. The quantitative estimate of drug-likeness (QED) is 0.747. The van der Waals surface area contributed by atoms with Gasteiger partial charge in [0.1, 0.15) is 5.60 Å². The van der Waals surface area contributed by atoms with E-state index in [1.54, 1.807) is 4.90 Å². The van der Waals surface area contributed by atoms with E-state index in [1.807, 2.05) is 20.8 Å². The molecule has 0 aliphatic carbocycles. The molecule has 0 saturated carbocycles. The molecular weight excluding hydrogens is 258 g/mol. The molecule has 114 valence electrons. The number of carbonyl (C=O) groups is 3. The van der Waals surface area contributed by atoms with Gasteiger partial charge in [-0.3, -0.25) is 9.59 Å². The lowest BCUT2D eigenvalue weighted by molar-refractivity contribution is -0.136. The molecular formula is C15H25NO4. The van der Waals surface area contributed by atoms with Crippen LogP contribution in [-0.4, -0.2) is 40.7 Å². The van der Waals surface area contributed by atoms with Gasteiger partial charge in [0.15, 0.2) is 11.6 Å². The van der Waals surface area contributed by atoms with Crippen LogP contribution in [0.4, 0.5) is 4.79 Å². The van der Waals surface area contributed by atoms with Gasteiger partial charge in [0, 0.05) is 25.9 Å². The van der Waals surface area contributed by atoms with Crippen molar-refractivity contribution in [2.45, 2.75) is 71.4 Å². The number of hydrogen-bond donors (Lipinski definition) is 0. The second-order valence-electron chi connectivity index (χ2n) is 6.36. The monoisotopic (exact) mass is 283 g/mol. The molecule has 5 nitrogen and oxygen atoms in total. The van der Waals surface area contributed by atoms with Gasteiger partial charge >= 0.3 is 6.09 Å². The van der Waals surface area contributed by atoms with Gasteiger partial charge in [-0.25, -0.2) is 4.79 Å². The summed E-state index contributed by atoms with van der Waals surface area (Å²) in [5.41, 5.74) is -0.557. The summed E-state index contributed by atoms with van der Waals surface area (Å²) >= 11 is 0. The summed E-state index contributed by atoms with van der Waals surface area (Å²) in [6, 6.07) is -0.219. The Morgan fingerprint density at radius 3 is 2.35 bits per heavy atom. The van der Waals surface area contributed by atoms with Crippen LogP contribution in [0.25, 0.3) is 0 Å². The largest absolute Gasteiger partial charge is 0.444 e. The number of ether oxygens (including phenoxy) is 1. The Morgan fingerprint density at radius 2 is 1.80 bits per heavy atom. The molecule has 0 N–H and O–H groups in total. The third kappa shape index (κ3) is 5.31. The van der Waals surface area contributed by atoms with Gasteiger partial charge < -0.3 is 9.64 Å². The molecule has 20 heavy (non-hydrogen) atoms. The van der Waals surface area contributed by atoms with E-state index in [0.29, 0.717) is 6.54 Å². The minimum atomic E-state index is -0.557. The summed E-state index contributed by atoms with van der Waals surface area (Å²) in [4.78, 5) is 36.6. The first-order valence-electron chi connectivity index (χ1n) is 7.24. The predicted molar refractivity (Wildman–Crippen MR) is 75.5 cm³/mol. The maximum absolute atomic E-state index is 12.2. The van der Waals surface area contributed by atoms with Crippen LogP contribution in [0.1, 0.15) is 59.8 Å². The maximum atomic E-state index is 12.2. The smallest absolute Gasteiger partial charge is 0.410 e. The van der Waals surface area contributed by atoms with Gasteiger partial charge in [-0.1, -0.05) is 12.8 Å². The van der Waals surface area contributed by atoms with E-state index in [1.165, 1.54) is 6.92 Å². The first-order valence-corrected chi connectivity index (χ1v) is 7.24. The normalized spacial score (nSPS) is 20.2. The highest BCUT2D eigenvalue weighted by Crippen LogP contribution is 2.22. The number of carbonyl (C=O) groups excluding carboxylic acids is 3. The van der Waals surface area contributed by atoms with E-state index in [0.717, 1.165) is 25.7 Å². The zero-order valence-electron chi connectivity index (χ0n) is 12.9. The molecule has 1 fully saturated rings. The molecule has 1 rings (SSSR count). The number of ketones is 2. The lowest BCUT2D eigenvalue weighted by Gasteiger charge is -2.31. The Labute approximate surface area is 120 Å². The molecule has 0 aromatic carbocycles. The predicted octanol–water partition coefficient (Wildman–Crippen LogP) is 2.71. The third-order valence-electron chi connectivity index (χ3n) is 3.32. The molecule has 1 saturated heterocycles. The van der Waals surface area contributed by atoms with E-state index in [2.05, 4.69) is 0 Å². The highest BCUT2D eigenvalue weighted by Gasteiger charge is 2.31. The van der Waals surface area contributed by atoms with Crippen LogP contribution in [0, 0.1) is 0 Å².